The summed E-state index contributed by atoms with van der Waals surface area (Å²) in [6.45, 7) is 9.63. The monoisotopic (exact) mass is 408 g/mol. The minimum absolute atomic E-state index is 0.0168. The lowest BCUT2D eigenvalue weighted by Gasteiger charge is -2.34. The Labute approximate surface area is 171 Å². The summed E-state index contributed by atoms with van der Waals surface area (Å²) in [5.74, 6) is 1.61. The number of nitrogens with one attached hydrogen (secondary N) is 1. The second-order valence-electron chi connectivity index (χ2n) is 8.28. The third-order valence-corrected chi connectivity index (χ3v) is 6.39. The summed E-state index contributed by atoms with van der Waals surface area (Å²) in [6, 6.07) is 0. The number of likely N-dealkylation sites (N-methyl/N-ethyl adjacent to an activating group) is 1. The number of hydrogen-bond donors (Lipinski definition) is 1. The van der Waals surface area contributed by atoms with E-state index in [4.69, 9.17) is 0 Å². The number of hydrogen-bond acceptors (Lipinski definition) is 7. The van der Waals surface area contributed by atoms with E-state index in [1.165, 1.54) is 30.8 Å². The van der Waals surface area contributed by atoms with Gasteiger partial charge in [-0.25, -0.2) is 0 Å². The molecule has 0 radical (unpaired) electrons. The van der Waals surface area contributed by atoms with Crippen molar-refractivity contribution in [2.75, 3.05) is 56.1 Å². The van der Waals surface area contributed by atoms with Crippen molar-refractivity contribution in [3.63, 3.8) is 0 Å². The highest BCUT2D eigenvalue weighted by molar-refractivity contribution is 7.19. The van der Waals surface area contributed by atoms with Crippen LogP contribution >= 0.6 is 11.3 Å². The van der Waals surface area contributed by atoms with E-state index in [-0.39, 0.29) is 18.4 Å². The van der Waals surface area contributed by atoms with Gasteiger partial charge >= 0.3 is 0 Å². The summed E-state index contributed by atoms with van der Waals surface area (Å²) in [7, 11) is 1.83. The van der Waals surface area contributed by atoms with Crippen molar-refractivity contribution in [2.24, 2.45) is 11.8 Å². The molecule has 1 aromatic heterocycles. The van der Waals surface area contributed by atoms with Gasteiger partial charge in [0.05, 0.1) is 6.54 Å². The van der Waals surface area contributed by atoms with Crippen molar-refractivity contribution in [1.29, 1.82) is 0 Å². The van der Waals surface area contributed by atoms with E-state index in [9.17, 15) is 9.59 Å². The van der Waals surface area contributed by atoms with Crippen molar-refractivity contribution in [3.05, 3.63) is 0 Å². The maximum absolute atomic E-state index is 12.2. The third-order valence-electron chi connectivity index (χ3n) is 5.33. The maximum atomic E-state index is 12.2. The molecule has 2 aliphatic heterocycles. The summed E-state index contributed by atoms with van der Waals surface area (Å²) in [4.78, 5) is 30.0. The normalized spacial score (nSPS) is 23.2. The summed E-state index contributed by atoms with van der Waals surface area (Å²) in [5, 5.41) is 12.5. The fourth-order valence-corrected chi connectivity index (χ4v) is 5.02. The second kappa shape index (κ2) is 9.65. The number of anilines is 2. The SMILES string of the molecule is CC1CC(C)CN(CCCNC(=O)CN(C)c2nnc(N3CCCC3=O)s2)C1. The highest BCUT2D eigenvalue weighted by Crippen LogP contribution is 2.29. The first-order valence-electron chi connectivity index (χ1n) is 10.3. The quantitative estimate of drug-likeness (QED) is 0.658. The first-order chi connectivity index (χ1) is 13.4. The van der Waals surface area contributed by atoms with Crippen LogP contribution in [-0.4, -0.2) is 73.2 Å². The first kappa shape index (κ1) is 21.0. The van der Waals surface area contributed by atoms with Crippen LogP contribution in [0.2, 0.25) is 0 Å². The lowest BCUT2D eigenvalue weighted by Crippen LogP contribution is -2.41. The van der Waals surface area contributed by atoms with Gasteiger partial charge in [0.1, 0.15) is 0 Å². The molecule has 0 saturated carbocycles. The Hall–Kier alpha value is -1.74. The molecule has 2 unspecified atom stereocenters. The molecule has 0 aliphatic carbocycles. The van der Waals surface area contributed by atoms with Gasteiger partial charge in [0, 0.05) is 39.6 Å². The van der Waals surface area contributed by atoms with Crippen molar-refractivity contribution >= 4 is 33.4 Å². The van der Waals surface area contributed by atoms with Crippen LogP contribution in [0.5, 0.6) is 0 Å². The van der Waals surface area contributed by atoms with Gasteiger partial charge in [0.2, 0.25) is 22.1 Å². The van der Waals surface area contributed by atoms with Gasteiger partial charge in [-0.1, -0.05) is 25.2 Å². The van der Waals surface area contributed by atoms with Crippen LogP contribution in [0.1, 0.15) is 39.5 Å². The zero-order valence-electron chi connectivity index (χ0n) is 17.2. The number of nitrogens with zero attached hydrogens (tertiary/aromatic N) is 5. The van der Waals surface area contributed by atoms with Crippen LogP contribution in [0.3, 0.4) is 0 Å². The molecule has 3 rings (SSSR count). The van der Waals surface area contributed by atoms with Crippen LogP contribution in [0.4, 0.5) is 10.3 Å². The fraction of sp³-hybridized carbons (Fsp3) is 0.789. The molecule has 2 amide bonds. The number of carbonyl (C=O) groups is 2. The van der Waals surface area contributed by atoms with E-state index in [0.29, 0.717) is 29.8 Å². The molecule has 2 aliphatic rings. The molecule has 156 valence electrons. The average Bonchev–Trinajstić information content (AvgIpc) is 3.26. The molecule has 2 fully saturated rings. The molecule has 2 saturated heterocycles. The van der Waals surface area contributed by atoms with Crippen LogP contribution in [0, 0.1) is 11.8 Å². The number of likely N-dealkylation sites (tertiary alicyclic amines) is 1. The van der Waals surface area contributed by atoms with Crippen molar-refractivity contribution in [2.45, 2.75) is 39.5 Å². The van der Waals surface area contributed by atoms with Gasteiger partial charge in [-0.05, 0) is 37.6 Å². The Balaban J connectivity index is 1.36. The summed E-state index contributed by atoms with van der Waals surface area (Å²) < 4.78 is 0. The van der Waals surface area contributed by atoms with Gasteiger partial charge in [-0.3, -0.25) is 14.5 Å². The predicted octanol–water partition coefficient (Wildman–Crippen LogP) is 1.59. The average molecular weight is 409 g/mol. The number of amides is 2. The van der Waals surface area contributed by atoms with E-state index in [1.54, 1.807) is 9.80 Å². The lowest BCUT2D eigenvalue weighted by atomic mass is 9.92. The maximum Gasteiger partial charge on any atom is 0.239 e. The number of carbonyl (C=O) groups excluding carboxylic acids is 2. The molecular formula is C19H32N6O2S. The smallest absolute Gasteiger partial charge is 0.239 e. The van der Waals surface area contributed by atoms with Gasteiger partial charge < -0.3 is 15.1 Å². The van der Waals surface area contributed by atoms with Crippen molar-refractivity contribution in [1.82, 2.24) is 20.4 Å². The number of piperidine rings is 1. The minimum Gasteiger partial charge on any atom is -0.355 e. The van der Waals surface area contributed by atoms with E-state index >= 15 is 0 Å². The van der Waals surface area contributed by atoms with Gasteiger partial charge in [0.25, 0.3) is 0 Å². The Kier molecular flexibility index (Phi) is 7.23. The van der Waals surface area contributed by atoms with Crippen molar-refractivity contribution < 1.29 is 9.59 Å². The number of aromatic nitrogens is 2. The van der Waals surface area contributed by atoms with E-state index in [1.807, 2.05) is 7.05 Å². The molecule has 1 aromatic rings. The third kappa shape index (κ3) is 5.64. The van der Waals surface area contributed by atoms with Gasteiger partial charge in [-0.15, -0.1) is 10.2 Å². The minimum atomic E-state index is -0.0168. The van der Waals surface area contributed by atoms with Crippen LogP contribution in [0.25, 0.3) is 0 Å². The van der Waals surface area contributed by atoms with E-state index in [0.717, 1.165) is 31.2 Å². The number of rotatable bonds is 8. The highest BCUT2D eigenvalue weighted by Gasteiger charge is 2.26. The highest BCUT2D eigenvalue weighted by atomic mass is 32.1. The molecule has 1 N–H and O–H groups in total. The van der Waals surface area contributed by atoms with E-state index in [2.05, 4.69) is 34.3 Å². The molecular weight excluding hydrogens is 376 g/mol. The second-order valence-corrected chi connectivity index (χ2v) is 9.22. The van der Waals surface area contributed by atoms with Crippen LogP contribution < -0.4 is 15.1 Å². The van der Waals surface area contributed by atoms with Gasteiger partial charge in [0.15, 0.2) is 0 Å². The Morgan fingerprint density at radius 2 is 2.04 bits per heavy atom. The Bertz CT molecular complexity index is 671. The zero-order chi connectivity index (χ0) is 20.1. The first-order valence-corrected chi connectivity index (χ1v) is 11.1. The zero-order valence-corrected chi connectivity index (χ0v) is 18.0. The Morgan fingerprint density at radius 1 is 1.29 bits per heavy atom. The fourth-order valence-electron chi connectivity index (χ4n) is 4.17. The topological polar surface area (TPSA) is 81.7 Å². The van der Waals surface area contributed by atoms with E-state index < -0.39 is 0 Å². The predicted molar refractivity (Wildman–Crippen MR) is 112 cm³/mol. The molecule has 0 bridgehead atoms. The summed E-state index contributed by atoms with van der Waals surface area (Å²) >= 11 is 1.35. The molecule has 9 heteroatoms. The molecule has 8 nitrogen and oxygen atoms in total. The van der Waals surface area contributed by atoms with Gasteiger partial charge in [-0.2, -0.15) is 0 Å². The van der Waals surface area contributed by atoms with Crippen LogP contribution in [0.15, 0.2) is 0 Å². The standard InChI is InChI=1S/C19H32N6O2S/c1-14-10-15(2)12-24(11-14)8-5-7-20-16(26)13-23(3)18-21-22-19(28-18)25-9-4-6-17(25)27/h14-15H,4-13H2,1-3H3,(H,20,26). The molecule has 0 aromatic carbocycles. The molecule has 0 spiro atoms. The summed E-state index contributed by atoms with van der Waals surface area (Å²) in [5.41, 5.74) is 0. The largest absolute Gasteiger partial charge is 0.355 e. The molecule has 2 atom stereocenters. The van der Waals surface area contributed by atoms with Crippen LogP contribution in [-0.2, 0) is 9.59 Å². The lowest BCUT2D eigenvalue weighted by molar-refractivity contribution is -0.120. The molecule has 28 heavy (non-hydrogen) atoms. The Morgan fingerprint density at radius 3 is 2.71 bits per heavy atom. The van der Waals surface area contributed by atoms with Crippen molar-refractivity contribution in [3.8, 4) is 0 Å². The summed E-state index contributed by atoms with van der Waals surface area (Å²) in [6.07, 6.45) is 3.72. The molecule has 3 heterocycles.